The minimum Gasteiger partial charge on any atom is -0.465 e. The molecule has 9 heteroatoms. The third kappa shape index (κ3) is 6.87. The molecule has 0 radical (unpaired) electrons. The average molecular weight is 286 g/mol. The molecule has 2 unspecified atom stereocenters. The van der Waals surface area contributed by atoms with Gasteiger partial charge in [-0.05, 0) is 12.3 Å². The number of rotatable bonds is 9. The first-order valence-electron chi connectivity index (χ1n) is 5.33. The fourth-order valence-corrected chi connectivity index (χ4v) is 1.80. The Hall–Kier alpha value is -0.740. The molecule has 2 atom stereocenters. The zero-order chi connectivity index (χ0) is 14.2. The van der Waals surface area contributed by atoms with Crippen LogP contribution in [-0.2, 0) is 24.5 Å². The first-order chi connectivity index (χ1) is 8.32. The van der Waals surface area contributed by atoms with Gasteiger partial charge < -0.3 is 9.84 Å². The minimum absolute atomic E-state index is 0.0629. The highest BCUT2D eigenvalue weighted by Crippen LogP contribution is 2.09. The van der Waals surface area contributed by atoms with E-state index in [0.717, 1.165) is 0 Å². The van der Waals surface area contributed by atoms with Gasteiger partial charge in [0.15, 0.2) is 5.25 Å². The van der Waals surface area contributed by atoms with Crippen LogP contribution in [0.25, 0.3) is 0 Å². The van der Waals surface area contributed by atoms with Gasteiger partial charge in [-0.15, -0.1) is 0 Å². The number of esters is 1. The van der Waals surface area contributed by atoms with Crippen LogP contribution in [0.3, 0.4) is 0 Å². The lowest BCUT2D eigenvalue weighted by Crippen LogP contribution is -2.33. The molecule has 0 aromatic carbocycles. The molecular weight excluding hydrogens is 268 g/mol. The molecule has 0 amide bonds. The fourth-order valence-electron chi connectivity index (χ4n) is 1.09. The van der Waals surface area contributed by atoms with Gasteiger partial charge in [0.25, 0.3) is 10.1 Å². The minimum atomic E-state index is -4.61. The largest absolute Gasteiger partial charge is 0.465 e. The van der Waals surface area contributed by atoms with Gasteiger partial charge in [0.1, 0.15) is 0 Å². The quantitative estimate of drug-likeness (QED) is 0.227. The van der Waals surface area contributed by atoms with Crippen molar-refractivity contribution in [3.63, 3.8) is 0 Å². The van der Waals surface area contributed by atoms with Gasteiger partial charge in [-0.1, -0.05) is 6.92 Å². The highest BCUT2D eigenvalue weighted by atomic mass is 32.2. The lowest BCUT2D eigenvalue weighted by atomic mass is 10.1. The van der Waals surface area contributed by atoms with Crippen LogP contribution in [-0.4, -0.2) is 54.4 Å². The normalized spacial score (nSPS) is 15.1. The SMILES string of the molecule is CC(CO)CCOC(=O)C(CCOO)S(=O)(=O)O. The van der Waals surface area contributed by atoms with Crippen molar-refractivity contribution in [1.82, 2.24) is 0 Å². The van der Waals surface area contributed by atoms with Gasteiger partial charge in [0.05, 0.1) is 13.2 Å². The van der Waals surface area contributed by atoms with Crippen LogP contribution in [0.5, 0.6) is 0 Å². The van der Waals surface area contributed by atoms with E-state index < -0.39 is 34.4 Å². The van der Waals surface area contributed by atoms with Gasteiger partial charge in [0, 0.05) is 13.0 Å². The Balaban J connectivity index is 4.31. The summed E-state index contributed by atoms with van der Waals surface area (Å²) in [6.45, 7) is 1.17. The summed E-state index contributed by atoms with van der Waals surface area (Å²) in [6.07, 6.45) is -0.0410. The van der Waals surface area contributed by atoms with Crippen LogP contribution in [0, 0.1) is 5.92 Å². The van der Waals surface area contributed by atoms with Crippen LogP contribution in [0.4, 0.5) is 0 Å². The first kappa shape index (κ1) is 17.3. The molecule has 0 rings (SSSR count). The summed E-state index contributed by atoms with van der Waals surface area (Å²) < 4.78 is 35.3. The molecule has 0 aliphatic carbocycles. The molecule has 0 spiro atoms. The summed E-state index contributed by atoms with van der Waals surface area (Å²) in [7, 11) is -4.61. The second kappa shape index (κ2) is 8.38. The maximum atomic E-state index is 11.4. The molecule has 108 valence electrons. The van der Waals surface area contributed by atoms with E-state index in [1.165, 1.54) is 0 Å². The Bertz CT molecular complexity index is 338. The zero-order valence-corrected chi connectivity index (χ0v) is 10.8. The molecule has 3 N–H and O–H groups in total. The summed E-state index contributed by atoms with van der Waals surface area (Å²) in [5, 5.41) is 15.0. The molecule has 0 bridgehead atoms. The van der Waals surface area contributed by atoms with Crippen LogP contribution < -0.4 is 0 Å². The van der Waals surface area contributed by atoms with Crippen molar-refractivity contribution in [3.8, 4) is 0 Å². The van der Waals surface area contributed by atoms with Crippen LogP contribution in [0.15, 0.2) is 0 Å². The van der Waals surface area contributed by atoms with E-state index in [0.29, 0.717) is 6.42 Å². The summed E-state index contributed by atoms with van der Waals surface area (Å²) in [4.78, 5) is 15.1. The van der Waals surface area contributed by atoms with Crippen molar-refractivity contribution in [2.45, 2.75) is 25.0 Å². The number of aliphatic hydroxyl groups excluding tert-OH is 1. The molecular formula is C9H18O8S. The highest BCUT2D eigenvalue weighted by molar-refractivity contribution is 7.87. The van der Waals surface area contributed by atoms with Crippen molar-refractivity contribution in [2.75, 3.05) is 19.8 Å². The Kier molecular flexibility index (Phi) is 8.03. The second-order valence-corrected chi connectivity index (χ2v) is 5.47. The maximum Gasteiger partial charge on any atom is 0.326 e. The fraction of sp³-hybridized carbons (Fsp3) is 0.889. The molecule has 0 saturated carbocycles. The molecule has 0 aromatic rings. The summed E-state index contributed by atoms with van der Waals surface area (Å²) in [6, 6.07) is 0. The zero-order valence-electron chi connectivity index (χ0n) is 9.98. The van der Waals surface area contributed by atoms with Gasteiger partial charge in [-0.25, -0.2) is 4.89 Å². The summed E-state index contributed by atoms with van der Waals surface area (Å²) in [5.74, 6) is -1.19. The number of hydrogen-bond acceptors (Lipinski definition) is 7. The van der Waals surface area contributed by atoms with E-state index in [1.54, 1.807) is 6.92 Å². The Morgan fingerprint density at radius 2 is 1.89 bits per heavy atom. The molecule has 0 aromatic heterocycles. The van der Waals surface area contributed by atoms with Crippen molar-refractivity contribution >= 4 is 16.1 Å². The number of carbonyl (C=O) groups excluding carboxylic acids is 1. The third-order valence-corrected chi connectivity index (χ3v) is 3.41. The lowest BCUT2D eigenvalue weighted by molar-refractivity contribution is -0.242. The predicted octanol–water partition coefficient (Wildman–Crippen LogP) is -0.316. The van der Waals surface area contributed by atoms with Crippen molar-refractivity contribution in [2.24, 2.45) is 5.92 Å². The topological polar surface area (TPSA) is 130 Å². The molecule has 0 aliphatic heterocycles. The number of ether oxygens (including phenoxy) is 1. The van der Waals surface area contributed by atoms with Crippen LogP contribution in [0.2, 0.25) is 0 Å². The average Bonchev–Trinajstić information content (AvgIpc) is 2.27. The van der Waals surface area contributed by atoms with E-state index in [4.69, 9.17) is 14.9 Å². The molecule has 0 aliphatic rings. The standard InChI is InChI=1S/C9H18O8S/c1-7(6-10)2-4-16-9(11)8(3-5-17-12)18(13,14)15/h7-8,10,12H,2-6H2,1H3,(H,13,14,15). The Labute approximate surface area is 105 Å². The van der Waals surface area contributed by atoms with E-state index in [-0.39, 0.29) is 19.1 Å². The molecule has 18 heavy (non-hydrogen) atoms. The van der Waals surface area contributed by atoms with Gasteiger partial charge >= 0.3 is 5.97 Å². The smallest absolute Gasteiger partial charge is 0.326 e. The molecule has 0 heterocycles. The van der Waals surface area contributed by atoms with Crippen molar-refractivity contribution in [3.05, 3.63) is 0 Å². The maximum absolute atomic E-state index is 11.4. The van der Waals surface area contributed by atoms with Gasteiger partial charge in [0.2, 0.25) is 0 Å². The van der Waals surface area contributed by atoms with Crippen LogP contribution >= 0.6 is 0 Å². The van der Waals surface area contributed by atoms with E-state index in [9.17, 15) is 13.2 Å². The first-order valence-corrected chi connectivity index (χ1v) is 6.83. The molecule has 0 saturated heterocycles. The molecule has 0 fully saturated rings. The number of carbonyl (C=O) groups is 1. The predicted molar refractivity (Wildman–Crippen MR) is 60.4 cm³/mol. The third-order valence-electron chi connectivity index (χ3n) is 2.26. The van der Waals surface area contributed by atoms with Crippen molar-refractivity contribution < 1.29 is 37.8 Å². The number of aliphatic hydroxyl groups is 1. The highest BCUT2D eigenvalue weighted by Gasteiger charge is 2.32. The number of hydrogen-bond donors (Lipinski definition) is 3. The van der Waals surface area contributed by atoms with E-state index in [1.807, 2.05) is 0 Å². The Morgan fingerprint density at radius 3 is 2.33 bits per heavy atom. The van der Waals surface area contributed by atoms with E-state index >= 15 is 0 Å². The summed E-state index contributed by atoms with van der Waals surface area (Å²) in [5.41, 5.74) is 0. The Morgan fingerprint density at radius 1 is 1.28 bits per heavy atom. The monoisotopic (exact) mass is 286 g/mol. The second-order valence-electron chi connectivity index (χ2n) is 3.87. The van der Waals surface area contributed by atoms with Crippen LogP contribution in [0.1, 0.15) is 19.8 Å². The van der Waals surface area contributed by atoms with Crippen molar-refractivity contribution in [1.29, 1.82) is 0 Å². The van der Waals surface area contributed by atoms with Gasteiger partial charge in [-0.3, -0.25) is 14.6 Å². The van der Waals surface area contributed by atoms with Gasteiger partial charge in [-0.2, -0.15) is 8.42 Å². The van der Waals surface area contributed by atoms with E-state index in [2.05, 4.69) is 9.62 Å². The molecule has 8 nitrogen and oxygen atoms in total. The lowest BCUT2D eigenvalue weighted by Gasteiger charge is -2.13. The summed E-state index contributed by atoms with van der Waals surface area (Å²) >= 11 is 0.